The van der Waals surface area contributed by atoms with Crippen molar-refractivity contribution in [3.05, 3.63) is 95.6 Å². The van der Waals surface area contributed by atoms with E-state index in [2.05, 4.69) is 0 Å². The van der Waals surface area contributed by atoms with Crippen LogP contribution in [0.25, 0.3) is 0 Å². The summed E-state index contributed by atoms with van der Waals surface area (Å²) in [4.78, 5) is 27.7. The van der Waals surface area contributed by atoms with Gasteiger partial charge in [-0.1, -0.05) is 48.5 Å². The summed E-state index contributed by atoms with van der Waals surface area (Å²) in [6, 6.07) is 23.3. The Hall–Kier alpha value is -3.44. The molecule has 1 aliphatic heterocycles. The number of carbonyl (C=O) groups excluding carboxylic acids is 2. The van der Waals surface area contributed by atoms with Crippen LogP contribution < -0.4 is 9.64 Å². The predicted octanol–water partition coefficient (Wildman–Crippen LogP) is 3.70. The lowest BCUT2D eigenvalue weighted by Gasteiger charge is -2.23. The number of hydrogen-bond donors (Lipinski definition) is 1. The molecule has 0 bridgehead atoms. The summed E-state index contributed by atoms with van der Waals surface area (Å²) < 4.78 is 5.11. The first-order valence-corrected chi connectivity index (χ1v) is 9.38. The van der Waals surface area contributed by atoms with Gasteiger partial charge in [-0.05, 0) is 35.9 Å². The molecule has 1 aliphatic rings. The predicted molar refractivity (Wildman–Crippen MR) is 110 cm³/mol. The van der Waals surface area contributed by atoms with Crippen molar-refractivity contribution < 1.29 is 19.4 Å². The van der Waals surface area contributed by atoms with Gasteiger partial charge >= 0.3 is 0 Å². The standard InChI is InChI=1S/C24H21NO4/c1-29-19-13-11-18(12-14-19)22(26)15-24(28)20-9-5-6-10-21(20)25(23(24)27)16-17-7-3-2-4-8-17/h2-14,28H,15-16H2,1H3/t24-/m0/s1. The number of hydrogen-bond acceptors (Lipinski definition) is 4. The number of rotatable bonds is 6. The molecule has 146 valence electrons. The zero-order valence-corrected chi connectivity index (χ0v) is 16.0. The average molecular weight is 387 g/mol. The van der Waals surface area contributed by atoms with Crippen LogP contribution in [0, 0.1) is 0 Å². The molecule has 0 saturated carbocycles. The summed E-state index contributed by atoms with van der Waals surface area (Å²) in [5.41, 5.74) is 0.573. The zero-order chi connectivity index (χ0) is 20.4. The van der Waals surface area contributed by atoms with Crippen molar-refractivity contribution in [2.24, 2.45) is 0 Å². The molecule has 0 saturated heterocycles. The summed E-state index contributed by atoms with van der Waals surface area (Å²) in [6.45, 7) is 0.329. The second-order valence-electron chi connectivity index (χ2n) is 7.08. The minimum Gasteiger partial charge on any atom is -0.497 e. The second-order valence-corrected chi connectivity index (χ2v) is 7.08. The van der Waals surface area contributed by atoms with Crippen molar-refractivity contribution in [1.29, 1.82) is 0 Å². The van der Waals surface area contributed by atoms with Crippen LogP contribution in [0.4, 0.5) is 5.69 Å². The Kier molecular flexibility index (Phi) is 4.91. The number of ketones is 1. The average Bonchev–Trinajstić information content (AvgIpc) is 2.96. The van der Waals surface area contributed by atoms with Crippen molar-refractivity contribution in [2.75, 3.05) is 12.0 Å². The van der Waals surface area contributed by atoms with E-state index in [9.17, 15) is 14.7 Å². The first-order valence-electron chi connectivity index (χ1n) is 9.38. The zero-order valence-electron chi connectivity index (χ0n) is 16.0. The van der Waals surface area contributed by atoms with Crippen LogP contribution in [0.15, 0.2) is 78.9 Å². The Labute approximate surface area is 169 Å². The lowest BCUT2D eigenvalue weighted by atomic mass is 9.88. The molecule has 0 aliphatic carbocycles. The van der Waals surface area contributed by atoms with Gasteiger partial charge in [0.25, 0.3) is 5.91 Å². The van der Waals surface area contributed by atoms with Gasteiger partial charge in [-0.2, -0.15) is 0 Å². The molecule has 3 aromatic carbocycles. The van der Waals surface area contributed by atoms with E-state index >= 15 is 0 Å². The Balaban J connectivity index is 1.65. The molecule has 29 heavy (non-hydrogen) atoms. The minimum atomic E-state index is -1.89. The third-order valence-electron chi connectivity index (χ3n) is 5.25. The van der Waals surface area contributed by atoms with Gasteiger partial charge in [0.1, 0.15) is 5.75 Å². The number of nitrogens with zero attached hydrogens (tertiary/aromatic N) is 1. The number of para-hydroxylation sites is 1. The van der Waals surface area contributed by atoms with Gasteiger partial charge in [0, 0.05) is 11.1 Å². The quantitative estimate of drug-likeness (QED) is 0.655. The maximum absolute atomic E-state index is 13.3. The third kappa shape index (κ3) is 3.41. The van der Waals surface area contributed by atoms with E-state index in [0.29, 0.717) is 29.1 Å². The number of Topliss-reactive ketones (excluding diaryl/α,β-unsaturated/α-hetero) is 1. The molecule has 1 atom stereocenters. The van der Waals surface area contributed by atoms with Gasteiger partial charge in [0.05, 0.1) is 25.8 Å². The topological polar surface area (TPSA) is 66.8 Å². The van der Waals surface area contributed by atoms with Crippen LogP contribution in [-0.2, 0) is 16.9 Å². The number of carbonyl (C=O) groups is 2. The molecular weight excluding hydrogens is 366 g/mol. The molecule has 5 heteroatoms. The van der Waals surface area contributed by atoms with Crippen molar-refractivity contribution in [1.82, 2.24) is 0 Å². The van der Waals surface area contributed by atoms with Gasteiger partial charge in [0.15, 0.2) is 11.4 Å². The van der Waals surface area contributed by atoms with E-state index in [1.54, 1.807) is 54.5 Å². The smallest absolute Gasteiger partial charge is 0.264 e. The molecule has 0 radical (unpaired) electrons. The largest absolute Gasteiger partial charge is 0.497 e. The van der Waals surface area contributed by atoms with Gasteiger partial charge in [-0.3, -0.25) is 9.59 Å². The highest BCUT2D eigenvalue weighted by atomic mass is 16.5. The number of amides is 1. The molecule has 0 fully saturated rings. The normalized spacial score (nSPS) is 17.9. The summed E-state index contributed by atoms with van der Waals surface area (Å²) in [5, 5.41) is 11.4. The van der Waals surface area contributed by atoms with E-state index in [1.165, 1.54) is 0 Å². The SMILES string of the molecule is COc1ccc(C(=O)C[C@@]2(O)C(=O)N(Cc3ccccc3)c3ccccc32)cc1. The first kappa shape index (κ1) is 18.9. The van der Waals surface area contributed by atoms with E-state index in [4.69, 9.17) is 4.74 Å². The number of benzene rings is 3. The highest BCUT2D eigenvalue weighted by molar-refractivity contribution is 6.10. The number of aliphatic hydroxyl groups is 1. The van der Waals surface area contributed by atoms with Gasteiger partial charge in [0.2, 0.25) is 0 Å². The van der Waals surface area contributed by atoms with Crippen LogP contribution in [0.1, 0.15) is 27.9 Å². The third-order valence-corrected chi connectivity index (χ3v) is 5.25. The van der Waals surface area contributed by atoms with E-state index < -0.39 is 11.5 Å². The van der Waals surface area contributed by atoms with Crippen LogP contribution in [-0.4, -0.2) is 23.9 Å². The van der Waals surface area contributed by atoms with E-state index in [0.717, 1.165) is 5.56 Å². The van der Waals surface area contributed by atoms with Gasteiger partial charge in [-0.15, -0.1) is 0 Å². The summed E-state index contributed by atoms with van der Waals surface area (Å²) >= 11 is 0. The molecule has 1 amide bonds. The van der Waals surface area contributed by atoms with Crippen LogP contribution >= 0.6 is 0 Å². The fourth-order valence-corrected chi connectivity index (χ4v) is 3.71. The molecule has 0 spiro atoms. The maximum atomic E-state index is 13.3. The fraction of sp³-hybridized carbons (Fsp3) is 0.167. The molecule has 5 nitrogen and oxygen atoms in total. The highest BCUT2D eigenvalue weighted by Crippen LogP contribution is 2.43. The fourth-order valence-electron chi connectivity index (χ4n) is 3.71. The van der Waals surface area contributed by atoms with Crippen molar-refractivity contribution in [2.45, 2.75) is 18.6 Å². The lowest BCUT2D eigenvalue weighted by Crippen LogP contribution is -2.41. The molecule has 1 N–H and O–H groups in total. The Morgan fingerprint density at radius 2 is 1.62 bits per heavy atom. The summed E-state index contributed by atoms with van der Waals surface area (Å²) in [6.07, 6.45) is -0.319. The summed E-state index contributed by atoms with van der Waals surface area (Å²) in [7, 11) is 1.55. The first-order chi connectivity index (χ1) is 14.0. The van der Waals surface area contributed by atoms with E-state index in [-0.39, 0.29) is 12.2 Å². The molecular formula is C24H21NO4. The van der Waals surface area contributed by atoms with Crippen LogP contribution in [0.2, 0.25) is 0 Å². The molecule has 1 heterocycles. The molecule has 0 aromatic heterocycles. The number of methoxy groups -OCH3 is 1. The molecule has 4 rings (SSSR count). The Bertz CT molecular complexity index is 1050. The summed E-state index contributed by atoms with van der Waals surface area (Å²) in [5.74, 6) is -0.152. The van der Waals surface area contributed by atoms with Crippen molar-refractivity contribution in [3.63, 3.8) is 0 Å². The molecule has 0 unspecified atom stereocenters. The minimum absolute atomic E-state index is 0.306. The lowest BCUT2D eigenvalue weighted by molar-refractivity contribution is -0.136. The van der Waals surface area contributed by atoms with Gasteiger partial charge < -0.3 is 14.7 Å². The maximum Gasteiger partial charge on any atom is 0.264 e. The highest BCUT2D eigenvalue weighted by Gasteiger charge is 2.50. The second kappa shape index (κ2) is 7.53. The van der Waals surface area contributed by atoms with Crippen molar-refractivity contribution in [3.8, 4) is 5.75 Å². The van der Waals surface area contributed by atoms with Crippen LogP contribution in [0.3, 0.4) is 0 Å². The van der Waals surface area contributed by atoms with E-state index in [1.807, 2.05) is 36.4 Å². The Morgan fingerprint density at radius 3 is 2.31 bits per heavy atom. The van der Waals surface area contributed by atoms with Crippen LogP contribution in [0.5, 0.6) is 5.75 Å². The number of anilines is 1. The Morgan fingerprint density at radius 1 is 0.966 bits per heavy atom. The monoisotopic (exact) mass is 387 g/mol. The van der Waals surface area contributed by atoms with Crippen molar-refractivity contribution >= 4 is 17.4 Å². The molecule has 3 aromatic rings. The number of fused-ring (bicyclic) bond motifs is 1. The van der Waals surface area contributed by atoms with Gasteiger partial charge in [-0.25, -0.2) is 0 Å². The number of ether oxygens (including phenoxy) is 1.